The van der Waals surface area contributed by atoms with Crippen LogP contribution in [0.25, 0.3) is 10.8 Å². The maximum atomic E-state index is 13.3. The average molecular weight is 449 g/mol. The van der Waals surface area contributed by atoms with Gasteiger partial charge in [-0.3, -0.25) is 9.59 Å². The zero-order chi connectivity index (χ0) is 23.8. The van der Waals surface area contributed by atoms with Gasteiger partial charge in [-0.15, -0.1) is 0 Å². The first kappa shape index (κ1) is 24.1. The second-order valence-electron chi connectivity index (χ2n) is 8.13. The van der Waals surface area contributed by atoms with Crippen molar-refractivity contribution in [2.24, 2.45) is 0 Å². The lowest BCUT2D eigenvalue weighted by atomic mass is 10.1. The summed E-state index contributed by atoms with van der Waals surface area (Å²) in [6, 6.07) is 20.5. The third kappa shape index (κ3) is 6.25. The molecule has 0 aliphatic carbocycles. The number of ether oxygens (including phenoxy) is 2. The summed E-state index contributed by atoms with van der Waals surface area (Å²) >= 11 is 0. The third-order valence-corrected chi connectivity index (χ3v) is 5.76. The molecule has 174 valence electrons. The van der Waals surface area contributed by atoms with E-state index in [1.165, 1.54) is 0 Å². The van der Waals surface area contributed by atoms with Gasteiger partial charge < -0.3 is 19.7 Å². The molecule has 0 aromatic heterocycles. The van der Waals surface area contributed by atoms with Crippen LogP contribution in [0.4, 0.5) is 0 Å². The van der Waals surface area contributed by atoms with Crippen LogP contribution in [-0.4, -0.2) is 42.5 Å². The number of nitrogens with zero attached hydrogens (tertiary/aromatic N) is 1. The van der Waals surface area contributed by atoms with Crippen LogP contribution in [0, 0.1) is 0 Å². The van der Waals surface area contributed by atoms with Crippen LogP contribution in [0.15, 0.2) is 66.7 Å². The molecular weight excluding hydrogens is 416 g/mol. The Labute approximate surface area is 195 Å². The van der Waals surface area contributed by atoms with Crippen molar-refractivity contribution in [1.82, 2.24) is 10.2 Å². The van der Waals surface area contributed by atoms with Crippen LogP contribution in [-0.2, 0) is 16.1 Å². The summed E-state index contributed by atoms with van der Waals surface area (Å²) in [5.74, 6) is 0.881. The van der Waals surface area contributed by atoms with Gasteiger partial charge in [0.1, 0.15) is 17.5 Å². The number of amides is 2. The van der Waals surface area contributed by atoms with Crippen LogP contribution in [0.1, 0.15) is 32.8 Å². The highest BCUT2D eigenvalue weighted by Gasteiger charge is 2.27. The number of hydrogen-bond acceptors (Lipinski definition) is 4. The predicted molar refractivity (Wildman–Crippen MR) is 130 cm³/mol. The largest absolute Gasteiger partial charge is 0.497 e. The molecule has 0 spiro atoms. The summed E-state index contributed by atoms with van der Waals surface area (Å²) in [5, 5.41) is 4.95. The number of methoxy groups -OCH3 is 1. The first-order valence-electron chi connectivity index (χ1n) is 11.3. The van der Waals surface area contributed by atoms with Crippen LogP contribution in [0.2, 0.25) is 0 Å². The quantitative estimate of drug-likeness (QED) is 0.494. The lowest BCUT2D eigenvalue weighted by Crippen LogP contribution is -2.50. The first-order chi connectivity index (χ1) is 15.9. The highest BCUT2D eigenvalue weighted by atomic mass is 16.5. The van der Waals surface area contributed by atoms with Gasteiger partial charge in [-0.05, 0) is 49.4 Å². The maximum Gasteiger partial charge on any atom is 0.261 e. The topological polar surface area (TPSA) is 67.9 Å². The van der Waals surface area contributed by atoms with Crippen LogP contribution >= 0.6 is 0 Å². The Morgan fingerprint density at radius 2 is 1.73 bits per heavy atom. The minimum Gasteiger partial charge on any atom is -0.497 e. The summed E-state index contributed by atoms with van der Waals surface area (Å²) in [4.78, 5) is 27.7. The van der Waals surface area contributed by atoms with Crippen molar-refractivity contribution in [1.29, 1.82) is 0 Å². The Morgan fingerprint density at radius 3 is 2.48 bits per heavy atom. The van der Waals surface area contributed by atoms with Crippen molar-refractivity contribution in [3.8, 4) is 11.5 Å². The molecule has 0 fully saturated rings. The van der Waals surface area contributed by atoms with E-state index >= 15 is 0 Å². The number of nitrogens with one attached hydrogen (secondary N) is 1. The summed E-state index contributed by atoms with van der Waals surface area (Å²) < 4.78 is 11.2. The van der Waals surface area contributed by atoms with E-state index in [-0.39, 0.29) is 31.0 Å². The highest BCUT2D eigenvalue weighted by Crippen LogP contribution is 2.25. The molecule has 0 heterocycles. The van der Waals surface area contributed by atoms with Crippen molar-refractivity contribution >= 4 is 22.6 Å². The molecule has 0 aliphatic heterocycles. The summed E-state index contributed by atoms with van der Waals surface area (Å²) in [7, 11) is 1.60. The Morgan fingerprint density at radius 1 is 1.00 bits per heavy atom. The van der Waals surface area contributed by atoms with E-state index in [1.54, 1.807) is 18.9 Å². The van der Waals surface area contributed by atoms with Gasteiger partial charge in [0.05, 0.1) is 7.11 Å². The Kier molecular flexibility index (Phi) is 8.30. The number of fused-ring (bicyclic) bond motifs is 1. The lowest BCUT2D eigenvalue weighted by molar-refractivity contribution is -0.142. The molecule has 0 bridgehead atoms. The number of carbonyl (C=O) groups excluding carboxylic acids is 2. The lowest BCUT2D eigenvalue weighted by Gasteiger charge is -2.29. The van der Waals surface area contributed by atoms with Crippen molar-refractivity contribution < 1.29 is 19.1 Å². The highest BCUT2D eigenvalue weighted by molar-refractivity contribution is 5.90. The first-order valence-corrected chi connectivity index (χ1v) is 11.3. The zero-order valence-electron chi connectivity index (χ0n) is 19.7. The summed E-state index contributed by atoms with van der Waals surface area (Å²) in [6.07, 6.45) is 0.812. The number of carbonyl (C=O) groups is 2. The van der Waals surface area contributed by atoms with Gasteiger partial charge in [-0.25, -0.2) is 0 Å². The fourth-order valence-electron chi connectivity index (χ4n) is 3.56. The molecule has 0 saturated heterocycles. The maximum absolute atomic E-state index is 13.3. The van der Waals surface area contributed by atoms with E-state index in [4.69, 9.17) is 9.47 Å². The van der Waals surface area contributed by atoms with Crippen molar-refractivity contribution in [3.05, 3.63) is 72.3 Å². The second-order valence-corrected chi connectivity index (χ2v) is 8.13. The molecule has 0 radical (unpaired) electrons. The average Bonchev–Trinajstić information content (AvgIpc) is 2.85. The minimum absolute atomic E-state index is 0.0284. The van der Waals surface area contributed by atoms with Gasteiger partial charge >= 0.3 is 0 Å². The van der Waals surface area contributed by atoms with E-state index in [9.17, 15) is 9.59 Å². The van der Waals surface area contributed by atoms with E-state index in [1.807, 2.05) is 80.6 Å². The fourth-order valence-corrected chi connectivity index (χ4v) is 3.56. The molecule has 0 saturated carbocycles. The van der Waals surface area contributed by atoms with Gasteiger partial charge in [0.15, 0.2) is 6.61 Å². The van der Waals surface area contributed by atoms with E-state index in [0.29, 0.717) is 11.5 Å². The summed E-state index contributed by atoms with van der Waals surface area (Å²) in [6.45, 7) is 5.80. The third-order valence-electron chi connectivity index (χ3n) is 5.76. The Balaban J connectivity index is 1.80. The summed E-state index contributed by atoms with van der Waals surface area (Å²) in [5.41, 5.74) is 0.871. The number of rotatable bonds is 10. The van der Waals surface area contributed by atoms with E-state index in [2.05, 4.69) is 5.32 Å². The molecule has 6 nitrogen and oxygen atoms in total. The van der Waals surface area contributed by atoms with Crippen molar-refractivity contribution in [3.63, 3.8) is 0 Å². The van der Waals surface area contributed by atoms with Gasteiger partial charge in [0.2, 0.25) is 5.91 Å². The molecule has 2 amide bonds. The molecule has 0 unspecified atom stereocenters. The van der Waals surface area contributed by atoms with Crippen LogP contribution < -0.4 is 14.8 Å². The normalized spacial score (nSPS) is 12.6. The Bertz CT molecular complexity index is 1090. The van der Waals surface area contributed by atoms with Gasteiger partial charge in [-0.2, -0.15) is 0 Å². The molecule has 1 N–H and O–H groups in total. The molecule has 6 heteroatoms. The molecule has 3 aromatic carbocycles. The van der Waals surface area contributed by atoms with E-state index in [0.717, 1.165) is 22.8 Å². The molecule has 3 rings (SSSR count). The van der Waals surface area contributed by atoms with Crippen LogP contribution in [0.3, 0.4) is 0 Å². The molecule has 2 atom stereocenters. The SMILES string of the molecule is CC[C@@H](C)NC(=O)[C@H](C)N(Cc1cccc(OC)c1)C(=O)COc1cccc2ccccc12. The number of benzene rings is 3. The molecule has 0 aliphatic rings. The van der Waals surface area contributed by atoms with Crippen molar-refractivity contribution in [2.45, 2.75) is 45.8 Å². The second kappa shape index (κ2) is 11.4. The fraction of sp³-hybridized carbons (Fsp3) is 0.333. The van der Waals surface area contributed by atoms with Gasteiger partial charge in [0.25, 0.3) is 5.91 Å². The van der Waals surface area contributed by atoms with Crippen molar-refractivity contribution in [2.75, 3.05) is 13.7 Å². The predicted octanol–water partition coefficient (Wildman–Crippen LogP) is 4.56. The van der Waals surface area contributed by atoms with E-state index < -0.39 is 6.04 Å². The van der Waals surface area contributed by atoms with Crippen LogP contribution in [0.5, 0.6) is 11.5 Å². The standard InChI is InChI=1S/C27H32N2O4/c1-5-19(2)28-27(31)20(3)29(17-21-10-8-13-23(16-21)32-4)26(30)18-33-25-15-9-12-22-11-6-7-14-24(22)25/h6-16,19-20H,5,17-18H2,1-4H3,(H,28,31)/t19-,20+/m1/s1. The minimum atomic E-state index is -0.659. The van der Waals surface area contributed by atoms with Gasteiger partial charge in [-0.1, -0.05) is 55.5 Å². The monoisotopic (exact) mass is 448 g/mol. The molecular formula is C27H32N2O4. The Hall–Kier alpha value is -3.54. The smallest absolute Gasteiger partial charge is 0.261 e. The zero-order valence-corrected chi connectivity index (χ0v) is 19.7. The van der Waals surface area contributed by atoms with Gasteiger partial charge in [0, 0.05) is 18.0 Å². The molecule has 3 aromatic rings. The molecule has 33 heavy (non-hydrogen) atoms. The number of hydrogen-bond donors (Lipinski definition) is 1.